The van der Waals surface area contributed by atoms with Gasteiger partial charge in [-0.1, -0.05) is 11.4 Å². The molecule has 5 heteroatoms. The van der Waals surface area contributed by atoms with Crippen LogP contribution in [0.25, 0.3) is 0 Å². The second kappa shape index (κ2) is 5.18. The van der Waals surface area contributed by atoms with Crippen molar-refractivity contribution in [1.82, 2.24) is 14.5 Å². The minimum Gasteiger partial charge on any atom is -0.329 e. The van der Waals surface area contributed by atoms with Gasteiger partial charge in [0.05, 0.1) is 5.69 Å². The maximum absolute atomic E-state index is 5.46. The fourth-order valence-corrected chi connectivity index (χ4v) is 1.46. The summed E-state index contributed by atoms with van der Waals surface area (Å²) in [5, 5.41) is 5.94. The standard InChI is InChI=1S/C7H14N4S/c1-2-11(4-3-8)5-7-6-12-10-9-7/h6H,2-5,8H2,1H3. The van der Waals surface area contributed by atoms with Crippen LogP contribution in [0.15, 0.2) is 5.38 Å². The first-order valence-corrected chi connectivity index (χ1v) is 4.88. The van der Waals surface area contributed by atoms with Crippen LogP contribution in [0.3, 0.4) is 0 Å². The Balaban J connectivity index is 2.37. The van der Waals surface area contributed by atoms with Crippen molar-refractivity contribution in [3.8, 4) is 0 Å². The largest absolute Gasteiger partial charge is 0.329 e. The highest BCUT2D eigenvalue weighted by Crippen LogP contribution is 2.01. The van der Waals surface area contributed by atoms with Gasteiger partial charge in [-0.3, -0.25) is 4.90 Å². The number of likely N-dealkylation sites (N-methyl/N-ethyl adjacent to an activating group) is 1. The lowest BCUT2D eigenvalue weighted by Gasteiger charge is -2.17. The van der Waals surface area contributed by atoms with Gasteiger partial charge in [-0.25, -0.2) is 0 Å². The van der Waals surface area contributed by atoms with Gasteiger partial charge in [0, 0.05) is 25.0 Å². The molecule has 12 heavy (non-hydrogen) atoms. The van der Waals surface area contributed by atoms with E-state index in [9.17, 15) is 0 Å². The van der Waals surface area contributed by atoms with Crippen LogP contribution in [0, 0.1) is 0 Å². The Hall–Kier alpha value is -0.520. The number of rotatable bonds is 5. The van der Waals surface area contributed by atoms with Crippen molar-refractivity contribution in [2.45, 2.75) is 13.5 Å². The van der Waals surface area contributed by atoms with Crippen molar-refractivity contribution >= 4 is 11.5 Å². The molecule has 4 nitrogen and oxygen atoms in total. The van der Waals surface area contributed by atoms with E-state index in [1.807, 2.05) is 5.38 Å². The van der Waals surface area contributed by atoms with Gasteiger partial charge in [-0.2, -0.15) is 0 Å². The smallest absolute Gasteiger partial charge is 0.0895 e. The molecule has 0 amide bonds. The van der Waals surface area contributed by atoms with E-state index in [0.717, 1.165) is 25.3 Å². The van der Waals surface area contributed by atoms with E-state index >= 15 is 0 Å². The summed E-state index contributed by atoms with van der Waals surface area (Å²) in [7, 11) is 0. The summed E-state index contributed by atoms with van der Waals surface area (Å²) < 4.78 is 3.80. The zero-order valence-corrected chi connectivity index (χ0v) is 8.05. The second-order valence-corrected chi connectivity index (χ2v) is 3.16. The molecule has 0 radical (unpaired) electrons. The fourth-order valence-electron chi connectivity index (χ4n) is 1.01. The lowest BCUT2D eigenvalue weighted by atomic mass is 10.4. The first-order valence-electron chi connectivity index (χ1n) is 4.05. The van der Waals surface area contributed by atoms with Crippen molar-refractivity contribution in [3.63, 3.8) is 0 Å². The molecule has 68 valence electrons. The number of hydrogen-bond acceptors (Lipinski definition) is 5. The quantitative estimate of drug-likeness (QED) is 0.719. The van der Waals surface area contributed by atoms with E-state index in [1.165, 1.54) is 11.5 Å². The van der Waals surface area contributed by atoms with Gasteiger partial charge < -0.3 is 5.73 Å². The molecule has 0 atom stereocenters. The molecule has 0 aliphatic heterocycles. The van der Waals surface area contributed by atoms with Crippen molar-refractivity contribution in [2.24, 2.45) is 5.73 Å². The molecule has 0 spiro atoms. The molecule has 0 fully saturated rings. The maximum Gasteiger partial charge on any atom is 0.0895 e. The molecular formula is C7H14N4S. The highest BCUT2D eigenvalue weighted by Gasteiger charge is 2.03. The zero-order valence-electron chi connectivity index (χ0n) is 7.23. The zero-order chi connectivity index (χ0) is 8.81. The van der Waals surface area contributed by atoms with Gasteiger partial charge in [-0.15, -0.1) is 5.10 Å². The Bertz CT molecular complexity index is 199. The molecule has 0 aromatic carbocycles. The minimum absolute atomic E-state index is 0.700. The second-order valence-electron chi connectivity index (χ2n) is 2.55. The van der Waals surface area contributed by atoms with E-state index < -0.39 is 0 Å². The SMILES string of the molecule is CCN(CCN)Cc1csnn1. The Labute approximate surface area is 76.5 Å². The fraction of sp³-hybridized carbons (Fsp3) is 0.714. The van der Waals surface area contributed by atoms with E-state index in [0.29, 0.717) is 6.54 Å². The summed E-state index contributed by atoms with van der Waals surface area (Å²) in [4.78, 5) is 2.25. The van der Waals surface area contributed by atoms with Gasteiger partial charge >= 0.3 is 0 Å². The van der Waals surface area contributed by atoms with E-state index in [2.05, 4.69) is 21.4 Å². The van der Waals surface area contributed by atoms with Gasteiger partial charge in [0.15, 0.2) is 0 Å². The maximum atomic E-state index is 5.46. The molecule has 2 N–H and O–H groups in total. The molecule has 0 unspecified atom stereocenters. The number of hydrogen-bond donors (Lipinski definition) is 1. The average Bonchev–Trinajstić information content (AvgIpc) is 2.56. The highest BCUT2D eigenvalue weighted by atomic mass is 32.1. The van der Waals surface area contributed by atoms with Crippen LogP contribution in [0.5, 0.6) is 0 Å². The summed E-state index contributed by atoms with van der Waals surface area (Å²) in [6.07, 6.45) is 0. The van der Waals surface area contributed by atoms with Crippen LogP contribution in [-0.4, -0.2) is 34.1 Å². The first-order chi connectivity index (χ1) is 5.86. The number of aromatic nitrogens is 2. The monoisotopic (exact) mass is 186 g/mol. The minimum atomic E-state index is 0.700. The van der Waals surface area contributed by atoms with Crippen LogP contribution in [-0.2, 0) is 6.54 Å². The predicted molar refractivity (Wildman–Crippen MR) is 49.9 cm³/mol. The van der Waals surface area contributed by atoms with E-state index in [1.54, 1.807) is 0 Å². The molecule has 1 aromatic heterocycles. The van der Waals surface area contributed by atoms with Gasteiger partial charge in [-0.05, 0) is 18.1 Å². The van der Waals surface area contributed by atoms with Crippen molar-refractivity contribution in [2.75, 3.05) is 19.6 Å². The summed E-state index contributed by atoms with van der Waals surface area (Å²) in [5.74, 6) is 0. The van der Waals surface area contributed by atoms with Crippen molar-refractivity contribution in [3.05, 3.63) is 11.1 Å². The Morgan fingerprint density at radius 2 is 2.50 bits per heavy atom. The molecule has 1 rings (SSSR count). The summed E-state index contributed by atoms with van der Waals surface area (Å²) in [6.45, 7) is 5.62. The van der Waals surface area contributed by atoms with Crippen LogP contribution in [0.1, 0.15) is 12.6 Å². The van der Waals surface area contributed by atoms with Gasteiger partial charge in [0.25, 0.3) is 0 Å². The number of nitrogens with two attached hydrogens (primary N) is 1. The molecule has 0 saturated heterocycles. The third-order valence-electron chi connectivity index (χ3n) is 1.68. The van der Waals surface area contributed by atoms with Crippen molar-refractivity contribution in [1.29, 1.82) is 0 Å². The Morgan fingerprint density at radius 3 is 3.00 bits per heavy atom. The topological polar surface area (TPSA) is 55.0 Å². The van der Waals surface area contributed by atoms with E-state index in [-0.39, 0.29) is 0 Å². The van der Waals surface area contributed by atoms with Crippen LogP contribution < -0.4 is 5.73 Å². The third kappa shape index (κ3) is 2.84. The lowest BCUT2D eigenvalue weighted by Crippen LogP contribution is -2.28. The van der Waals surface area contributed by atoms with Gasteiger partial charge in [0.2, 0.25) is 0 Å². The Morgan fingerprint density at radius 1 is 1.67 bits per heavy atom. The molecule has 0 aliphatic carbocycles. The molecule has 0 saturated carbocycles. The average molecular weight is 186 g/mol. The normalized spacial score (nSPS) is 10.9. The number of nitrogens with zero attached hydrogens (tertiary/aromatic N) is 3. The van der Waals surface area contributed by atoms with Crippen LogP contribution in [0.2, 0.25) is 0 Å². The molecule has 0 bridgehead atoms. The Kier molecular flexibility index (Phi) is 4.13. The van der Waals surface area contributed by atoms with E-state index in [4.69, 9.17) is 5.73 Å². The molecular weight excluding hydrogens is 172 g/mol. The molecule has 1 heterocycles. The van der Waals surface area contributed by atoms with Crippen LogP contribution >= 0.6 is 11.5 Å². The van der Waals surface area contributed by atoms with Crippen LogP contribution in [0.4, 0.5) is 0 Å². The summed E-state index contributed by atoms with van der Waals surface area (Å²) >= 11 is 1.39. The van der Waals surface area contributed by atoms with Crippen molar-refractivity contribution < 1.29 is 0 Å². The lowest BCUT2D eigenvalue weighted by molar-refractivity contribution is 0.284. The predicted octanol–water partition coefficient (Wildman–Crippen LogP) is 0.319. The highest BCUT2D eigenvalue weighted by molar-refractivity contribution is 7.03. The van der Waals surface area contributed by atoms with Gasteiger partial charge in [0.1, 0.15) is 0 Å². The molecule has 0 aliphatic rings. The molecule has 1 aromatic rings. The summed E-state index contributed by atoms with van der Waals surface area (Å²) in [6, 6.07) is 0. The summed E-state index contributed by atoms with van der Waals surface area (Å²) in [5.41, 5.74) is 6.50. The first kappa shape index (κ1) is 9.57. The third-order valence-corrected chi connectivity index (χ3v) is 2.24.